The quantitative estimate of drug-likeness (QED) is 0.411. The van der Waals surface area contributed by atoms with Crippen molar-refractivity contribution in [1.29, 1.82) is 0 Å². The van der Waals surface area contributed by atoms with Crippen LogP contribution in [-0.4, -0.2) is 17.3 Å². The molecular formula is C34H45N2O2. The van der Waals surface area contributed by atoms with Crippen molar-refractivity contribution in [2.24, 2.45) is 26.7 Å². The van der Waals surface area contributed by atoms with Gasteiger partial charge in [0.05, 0.1) is 11.4 Å². The van der Waals surface area contributed by atoms with E-state index in [1.165, 1.54) is 0 Å². The van der Waals surface area contributed by atoms with Crippen LogP contribution in [0.5, 0.6) is 0 Å². The summed E-state index contributed by atoms with van der Waals surface area (Å²) in [4.78, 5) is 32.0. The van der Waals surface area contributed by atoms with Crippen LogP contribution in [0, 0.1) is 27.7 Å². The van der Waals surface area contributed by atoms with Crippen molar-refractivity contribution in [2.75, 3.05) is 5.32 Å². The number of allylic oxidation sites excluding steroid dienone is 6. The minimum Gasteiger partial charge on any atom is -0.365 e. The topological polar surface area (TPSA) is 58.5 Å². The molecule has 0 aliphatic heterocycles. The highest BCUT2D eigenvalue weighted by atomic mass is 16.1. The summed E-state index contributed by atoms with van der Waals surface area (Å²) in [6.45, 7) is 25.2. The number of nitrogens with zero attached hydrogens (tertiary/aromatic N) is 1. The lowest BCUT2D eigenvalue weighted by molar-refractivity contribution is -0.114. The lowest BCUT2D eigenvalue weighted by atomic mass is 9.73. The predicted octanol–water partition coefficient (Wildman–Crippen LogP) is 8.76. The smallest absolute Gasteiger partial charge is 0.207 e. The molecule has 0 saturated carbocycles. The Morgan fingerprint density at radius 1 is 0.579 bits per heavy atom. The summed E-state index contributed by atoms with van der Waals surface area (Å²) in [5, 5.41) is 3.39. The number of ketones is 2. The third-order valence-electron chi connectivity index (χ3n) is 6.92. The maximum absolute atomic E-state index is 13.6. The first kappa shape index (κ1) is 29.5. The molecule has 38 heavy (non-hydrogen) atoms. The number of benzene rings is 1. The summed E-state index contributed by atoms with van der Waals surface area (Å²) >= 11 is 0. The Hall–Kier alpha value is -3.01. The fourth-order valence-electron chi connectivity index (χ4n) is 4.35. The van der Waals surface area contributed by atoms with Crippen LogP contribution in [0.25, 0.3) is 0 Å². The third kappa shape index (κ3) is 6.51. The summed E-state index contributed by atoms with van der Waals surface area (Å²) in [5.41, 5.74) is 4.54. The van der Waals surface area contributed by atoms with Gasteiger partial charge in [0, 0.05) is 11.1 Å². The van der Waals surface area contributed by atoms with Crippen LogP contribution in [0.1, 0.15) is 83.1 Å². The summed E-state index contributed by atoms with van der Waals surface area (Å²) in [5.74, 6) is -0.0795. The van der Waals surface area contributed by atoms with E-state index in [9.17, 15) is 9.59 Å². The van der Waals surface area contributed by atoms with Gasteiger partial charge in [-0.05, 0) is 57.1 Å². The first-order valence-corrected chi connectivity index (χ1v) is 13.5. The van der Waals surface area contributed by atoms with Crippen LogP contribution >= 0.6 is 0 Å². The zero-order valence-corrected chi connectivity index (χ0v) is 25.4. The van der Waals surface area contributed by atoms with Crippen molar-refractivity contribution < 1.29 is 9.59 Å². The van der Waals surface area contributed by atoms with Gasteiger partial charge < -0.3 is 5.32 Å². The van der Waals surface area contributed by atoms with E-state index >= 15 is 0 Å². The first-order chi connectivity index (χ1) is 17.2. The average Bonchev–Trinajstić information content (AvgIpc) is 2.74. The first-order valence-electron chi connectivity index (χ1n) is 13.5. The van der Waals surface area contributed by atoms with Gasteiger partial charge in [-0.1, -0.05) is 107 Å². The Labute approximate surface area is 230 Å². The van der Waals surface area contributed by atoms with Gasteiger partial charge in [0.2, 0.25) is 5.78 Å². The Morgan fingerprint density at radius 2 is 1.05 bits per heavy atom. The molecule has 1 aromatic carbocycles. The van der Waals surface area contributed by atoms with Gasteiger partial charge in [0.15, 0.2) is 11.8 Å². The number of nitrogens with one attached hydrogen (secondary N) is 1. The second kappa shape index (κ2) is 9.94. The highest BCUT2D eigenvalue weighted by Gasteiger charge is 2.36. The lowest BCUT2D eigenvalue weighted by Crippen LogP contribution is -2.31. The molecule has 0 bridgehead atoms. The van der Waals surface area contributed by atoms with E-state index in [2.05, 4.69) is 88.4 Å². The van der Waals surface area contributed by atoms with E-state index in [-0.39, 0.29) is 33.2 Å². The summed E-state index contributed by atoms with van der Waals surface area (Å²) in [6, 6.07) is 8.11. The van der Waals surface area contributed by atoms with Crippen LogP contribution in [0.4, 0.5) is 11.4 Å². The molecule has 0 saturated heterocycles. The molecule has 0 heterocycles. The molecule has 1 N–H and O–H groups in total. The lowest BCUT2D eigenvalue weighted by Gasteiger charge is -2.33. The van der Waals surface area contributed by atoms with E-state index in [0.717, 1.165) is 22.3 Å². The van der Waals surface area contributed by atoms with Crippen molar-refractivity contribution in [3.63, 3.8) is 0 Å². The second-order valence-electron chi connectivity index (χ2n) is 14.5. The molecule has 1 aromatic rings. The van der Waals surface area contributed by atoms with Crippen molar-refractivity contribution >= 4 is 28.7 Å². The number of anilines is 1. The Balaban J connectivity index is 2.09. The van der Waals surface area contributed by atoms with Crippen LogP contribution in [-0.2, 0) is 9.59 Å². The molecule has 0 unspecified atom stereocenters. The van der Waals surface area contributed by atoms with Gasteiger partial charge in [-0.3, -0.25) is 9.59 Å². The molecule has 0 spiro atoms. The third-order valence-corrected chi connectivity index (χ3v) is 6.92. The number of Topliss-reactive ketones (excluding diaryl/α,β-unsaturated/α-hetero) is 2. The average molecular weight is 514 g/mol. The molecule has 2 aliphatic carbocycles. The maximum atomic E-state index is 13.6. The second-order valence-corrected chi connectivity index (χ2v) is 14.5. The van der Waals surface area contributed by atoms with Gasteiger partial charge >= 0.3 is 0 Å². The van der Waals surface area contributed by atoms with Crippen LogP contribution in [0.15, 0.2) is 75.9 Å². The SMILES string of the molecule is CC(C)(C)C1=C[C](Nc2ccccc2N=C2C=C(C(C)(C)C)C=C(C(C)(C)C)C2=O)C(=O)C(C(C)(C)C)=C1. The Morgan fingerprint density at radius 3 is 1.55 bits per heavy atom. The highest BCUT2D eigenvalue weighted by Crippen LogP contribution is 2.41. The van der Waals surface area contributed by atoms with E-state index in [1.54, 1.807) is 0 Å². The molecule has 0 amide bonds. The molecule has 2 aliphatic rings. The van der Waals surface area contributed by atoms with E-state index in [0.29, 0.717) is 23.1 Å². The van der Waals surface area contributed by atoms with Gasteiger partial charge in [-0.15, -0.1) is 0 Å². The zero-order chi connectivity index (χ0) is 28.8. The maximum Gasteiger partial charge on any atom is 0.207 e. The summed E-state index contributed by atoms with van der Waals surface area (Å²) < 4.78 is 0. The van der Waals surface area contributed by atoms with Crippen LogP contribution < -0.4 is 5.32 Å². The minimum atomic E-state index is -0.311. The number of aliphatic imine (C=N–C) groups is 1. The Bertz CT molecular complexity index is 1290. The molecule has 0 fully saturated rings. The zero-order valence-electron chi connectivity index (χ0n) is 25.4. The van der Waals surface area contributed by atoms with Gasteiger partial charge in [-0.25, -0.2) is 4.99 Å². The predicted molar refractivity (Wildman–Crippen MR) is 161 cm³/mol. The molecule has 0 atom stereocenters. The van der Waals surface area contributed by atoms with Crippen molar-refractivity contribution in [2.45, 2.75) is 83.1 Å². The van der Waals surface area contributed by atoms with Crippen molar-refractivity contribution in [3.8, 4) is 0 Å². The number of carbonyl (C=O) groups excluding carboxylic acids is 2. The monoisotopic (exact) mass is 513 g/mol. The van der Waals surface area contributed by atoms with E-state index in [4.69, 9.17) is 4.99 Å². The van der Waals surface area contributed by atoms with Gasteiger partial charge in [-0.2, -0.15) is 0 Å². The number of hydrogen-bond donors (Lipinski definition) is 1. The summed E-state index contributed by atoms with van der Waals surface area (Å²) in [7, 11) is 0. The minimum absolute atomic E-state index is 0.0189. The van der Waals surface area contributed by atoms with E-state index in [1.807, 2.05) is 48.6 Å². The molecule has 4 heteroatoms. The van der Waals surface area contributed by atoms with Crippen molar-refractivity contribution in [1.82, 2.24) is 0 Å². The Kier molecular flexibility index (Phi) is 7.73. The standard InChI is InChI=1S/C34H45N2O2/c1-31(2,3)21-17-23(33(7,8)9)29(37)27(19-21)35-25-15-13-14-16-26(25)36-28-20-22(32(4,5)6)18-24(30(28)38)34(10,11)12/h13-20,35H,1-12H3. The fourth-order valence-corrected chi connectivity index (χ4v) is 4.35. The normalized spacial score (nSPS) is 19.2. The van der Waals surface area contributed by atoms with E-state index < -0.39 is 0 Å². The van der Waals surface area contributed by atoms with Crippen LogP contribution in [0.2, 0.25) is 0 Å². The highest BCUT2D eigenvalue weighted by molar-refractivity contribution is 6.51. The number of para-hydroxylation sites is 2. The number of carbonyl (C=O) groups is 2. The fraction of sp³-hybridized carbons (Fsp3) is 0.471. The molecule has 203 valence electrons. The largest absolute Gasteiger partial charge is 0.365 e. The van der Waals surface area contributed by atoms with Gasteiger partial charge in [0.25, 0.3) is 0 Å². The van der Waals surface area contributed by atoms with Crippen LogP contribution in [0.3, 0.4) is 0 Å². The molecular weight excluding hydrogens is 468 g/mol. The molecule has 3 rings (SSSR count). The molecule has 4 nitrogen and oxygen atoms in total. The number of hydrogen-bond acceptors (Lipinski definition) is 4. The number of rotatable bonds is 3. The van der Waals surface area contributed by atoms with Crippen molar-refractivity contribution in [3.05, 3.63) is 76.9 Å². The molecule has 1 radical (unpaired) electrons. The molecule has 0 aromatic heterocycles. The summed E-state index contributed by atoms with van der Waals surface area (Å²) in [6.07, 6.45) is 7.93. The van der Waals surface area contributed by atoms with Gasteiger partial charge in [0.1, 0.15) is 5.71 Å².